The molecule has 8 nitrogen and oxygen atoms in total. The van der Waals surface area contributed by atoms with Crippen LogP contribution < -0.4 is 16.0 Å². The van der Waals surface area contributed by atoms with Crippen LogP contribution in [0.1, 0.15) is 17.2 Å². The van der Waals surface area contributed by atoms with Gasteiger partial charge in [0, 0.05) is 11.9 Å². The second-order valence-electron chi connectivity index (χ2n) is 6.79. The molecule has 0 fully saturated rings. The Labute approximate surface area is 184 Å². The van der Waals surface area contributed by atoms with Crippen molar-refractivity contribution in [3.63, 3.8) is 0 Å². The van der Waals surface area contributed by atoms with Gasteiger partial charge in [-0.2, -0.15) is 5.10 Å². The SMILES string of the molecule is Cc1ccc(NC(=O)CSCC(=O)N[C@H](C(=O)Nc2cn[nH]c2)c2ccccc2)cc1. The van der Waals surface area contributed by atoms with Crippen LogP contribution >= 0.6 is 11.8 Å². The number of benzene rings is 2. The van der Waals surface area contributed by atoms with Gasteiger partial charge < -0.3 is 16.0 Å². The summed E-state index contributed by atoms with van der Waals surface area (Å²) in [5.41, 5.74) is 2.97. The summed E-state index contributed by atoms with van der Waals surface area (Å²) in [5.74, 6) is -0.756. The van der Waals surface area contributed by atoms with E-state index in [9.17, 15) is 14.4 Å². The zero-order chi connectivity index (χ0) is 22.1. The number of aryl methyl sites for hydroxylation is 1. The number of aromatic amines is 1. The lowest BCUT2D eigenvalue weighted by Crippen LogP contribution is -2.38. The third kappa shape index (κ3) is 7.00. The molecular weight excluding hydrogens is 414 g/mol. The van der Waals surface area contributed by atoms with Crippen molar-refractivity contribution in [3.8, 4) is 0 Å². The highest BCUT2D eigenvalue weighted by molar-refractivity contribution is 8.00. The summed E-state index contributed by atoms with van der Waals surface area (Å²) in [7, 11) is 0. The average Bonchev–Trinajstić information content (AvgIpc) is 3.27. The van der Waals surface area contributed by atoms with Gasteiger partial charge in [0.1, 0.15) is 6.04 Å². The van der Waals surface area contributed by atoms with Crippen LogP contribution in [0.25, 0.3) is 0 Å². The predicted molar refractivity (Wildman–Crippen MR) is 122 cm³/mol. The Morgan fingerprint density at radius 1 is 0.935 bits per heavy atom. The van der Waals surface area contributed by atoms with Gasteiger partial charge in [-0.15, -0.1) is 11.8 Å². The molecule has 3 rings (SSSR count). The molecule has 0 radical (unpaired) electrons. The number of hydrogen-bond donors (Lipinski definition) is 4. The van der Waals surface area contributed by atoms with Crippen molar-refractivity contribution in [2.24, 2.45) is 0 Å². The lowest BCUT2D eigenvalue weighted by Gasteiger charge is -2.18. The lowest BCUT2D eigenvalue weighted by molar-refractivity contribution is -0.125. The second kappa shape index (κ2) is 11.0. The molecule has 1 heterocycles. The average molecular weight is 438 g/mol. The van der Waals surface area contributed by atoms with Crippen LogP contribution in [0.3, 0.4) is 0 Å². The van der Waals surface area contributed by atoms with Crippen LogP contribution in [-0.2, 0) is 14.4 Å². The van der Waals surface area contributed by atoms with E-state index in [1.54, 1.807) is 30.5 Å². The number of aromatic nitrogens is 2. The van der Waals surface area contributed by atoms with Gasteiger partial charge in [-0.25, -0.2) is 0 Å². The highest BCUT2D eigenvalue weighted by atomic mass is 32.2. The number of hydrogen-bond acceptors (Lipinski definition) is 5. The van der Waals surface area contributed by atoms with E-state index >= 15 is 0 Å². The molecule has 0 unspecified atom stereocenters. The Balaban J connectivity index is 1.52. The van der Waals surface area contributed by atoms with Crippen molar-refractivity contribution in [1.82, 2.24) is 15.5 Å². The molecule has 2 aromatic carbocycles. The van der Waals surface area contributed by atoms with Gasteiger partial charge in [0.15, 0.2) is 0 Å². The molecular formula is C22H23N5O3S. The predicted octanol–water partition coefficient (Wildman–Crippen LogP) is 2.89. The summed E-state index contributed by atoms with van der Waals surface area (Å²) in [5, 5.41) is 14.7. The van der Waals surface area contributed by atoms with Gasteiger partial charge in [-0.1, -0.05) is 48.0 Å². The first-order chi connectivity index (χ1) is 15.0. The number of thioether (sulfide) groups is 1. The second-order valence-corrected chi connectivity index (χ2v) is 7.78. The maximum Gasteiger partial charge on any atom is 0.251 e. The number of carbonyl (C=O) groups excluding carboxylic acids is 3. The number of rotatable bonds is 9. The largest absolute Gasteiger partial charge is 0.340 e. The van der Waals surface area contributed by atoms with Crippen molar-refractivity contribution in [2.75, 3.05) is 22.1 Å². The number of anilines is 2. The van der Waals surface area contributed by atoms with E-state index in [-0.39, 0.29) is 29.2 Å². The Hall–Kier alpha value is -3.59. The standard InChI is InChI=1S/C22H23N5O3S/c1-15-7-9-17(10-8-15)25-19(28)13-31-14-20(29)27-21(16-5-3-2-4-6-16)22(30)26-18-11-23-24-12-18/h2-12,21H,13-14H2,1H3,(H,23,24)(H,25,28)(H,26,30)(H,27,29)/t21-/m0/s1. The topological polar surface area (TPSA) is 116 Å². The van der Waals surface area contributed by atoms with E-state index in [4.69, 9.17) is 0 Å². The smallest absolute Gasteiger partial charge is 0.251 e. The number of nitrogens with one attached hydrogen (secondary N) is 4. The first-order valence-corrected chi connectivity index (χ1v) is 10.7. The van der Waals surface area contributed by atoms with E-state index in [0.717, 1.165) is 5.56 Å². The van der Waals surface area contributed by atoms with Crippen LogP contribution in [0.4, 0.5) is 11.4 Å². The molecule has 3 amide bonds. The summed E-state index contributed by atoms with van der Waals surface area (Å²) in [4.78, 5) is 37.2. The molecule has 3 aromatic rings. The molecule has 0 aliphatic rings. The zero-order valence-corrected chi connectivity index (χ0v) is 17.7. The van der Waals surface area contributed by atoms with E-state index in [1.807, 2.05) is 37.3 Å². The van der Waals surface area contributed by atoms with E-state index in [2.05, 4.69) is 26.1 Å². The first kappa shape index (κ1) is 22.1. The molecule has 1 atom stereocenters. The molecule has 0 bridgehead atoms. The fourth-order valence-electron chi connectivity index (χ4n) is 2.75. The Morgan fingerprint density at radius 2 is 1.65 bits per heavy atom. The maximum atomic E-state index is 12.7. The molecule has 0 spiro atoms. The van der Waals surface area contributed by atoms with Crippen molar-refractivity contribution in [1.29, 1.82) is 0 Å². The molecule has 1 aromatic heterocycles. The number of carbonyl (C=O) groups is 3. The first-order valence-electron chi connectivity index (χ1n) is 9.59. The lowest BCUT2D eigenvalue weighted by atomic mass is 10.1. The minimum absolute atomic E-state index is 0.0453. The molecule has 9 heteroatoms. The Bertz CT molecular complexity index is 1010. The fourth-order valence-corrected chi connectivity index (χ4v) is 3.38. The van der Waals surface area contributed by atoms with Crippen molar-refractivity contribution < 1.29 is 14.4 Å². The minimum atomic E-state index is -0.870. The van der Waals surface area contributed by atoms with E-state index < -0.39 is 6.04 Å². The van der Waals surface area contributed by atoms with Crippen molar-refractivity contribution in [2.45, 2.75) is 13.0 Å². The third-order valence-corrected chi connectivity index (χ3v) is 5.20. The Kier molecular flexibility index (Phi) is 7.83. The van der Waals surface area contributed by atoms with Gasteiger partial charge in [-0.3, -0.25) is 19.5 Å². The third-order valence-electron chi connectivity index (χ3n) is 4.27. The minimum Gasteiger partial charge on any atom is -0.340 e. The van der Waals surface area contributed by atoms with Crippen LogP contribution in [0, 0.1) is 6.92 Å². The highest BCUT2D eigenvalue weighted by Crippen LogP contribution is 2.16. The zero-order valence-electron chi connectivity index (χ0n) is 16.9. The summed E-state index contributed by atoms with van der Waals surface area (Å²) in [6.07, 6.45) is 3.02. The summed E-state index contributed by atoms with van der Waals surface area (Å²) in [6, 6.07) is 15.6. The molecule has 0 aliphatic heterocycles. The molecule has 0 aliphatic carbocycles. The van der Waals surface area contributed by atoms with Gasteiger partial charge in [0.05, 0.1) is 23.4 Å². The van der Waals surface area contributed by atoms with Crippen LogP contribution in [0.2, 0.25) is 0 Å². The van der Waals surface area contributed by atoms with E-state index in [1.165, 1.54) is 18.0 Å². The van der Waals surface area contributed by atoms with Crippen molar-refractivity contribution >= 4 is 40.9 Å². The summed E-state index contributed by atoms with van der Waals surface area (Å²) in [6.45, 7) is 1.97. The quantitative estimate of drug-likeness (QED) is 0.411. The molecule has 0 saturated heterocycles. The molecule has 4 N–H and O–H groups in total. The summed E-state index contributed by atoms with van der Waals surface area (Å²) < 4.78 is 0. The van der Waals surface area contributed by atoms with Gasteiger partial charge in [0.2, 0.25) is 11.8 Å². The fraction of sp³-hybridized carbons (Fsp3) is 0.182. The van der Waals surface area contributed by atoms with Crippen LogP contribution in [-0.4, -0.2) is 39.4 Å². The molecule has 0 saturated carbocycles. The molecule has 160 valence electrons. The molecule has 31 heavy (non-hydrogen) atoms. The maximum absolute atomic E-state index is 12.7. The highest BCUT2D eigenvalue weighted by Gasteiger charge is 2.23. The van der Waals surface area contributed by atoms with Gasteiger partial charge >= 0.3 is 0 Å². The van der Waals surface area contributed by atoms with Gasteiger partial charge in [0.25, 0.3) is 5.91 Å². The normalized spacial score (nSPS) is 11.4. The number of amides is 3. The number of nitrogens with zero attached hydrogens (tertiary/aromatic N) is 1. The monoisotopic (exact) mass is 437 g/mol. The number of H-pyrrole nitrogens is 1. The van der Waals surface area contributed by atoms with Gasteiger partial charge in [-0.05, 0) is 24.6 Å². The van der Waals surface area contributed by atoms with E-state index in [0.29, 0.717) is 16.9 Å². The summed E-state index contributed by atoms with van der Waals surface area (Å²) >= 11 is 1.18. The van der Waals surface area contributed by atoms with Crippen LogP contribution in [0.15, 0.2) is 67.0 Å². The van der Waals surface area contributed by atoms with Crippen LogP contribution in [0.5, 0.6) is 0 Å². The van der Waals surface area contributed by atoms with Crippen molar-refractivity contribution in [3.05, 3.63) is 78.1 Å². The Morgan fingerprint density at radius 3 is 2.32 bits per heavy atom.